The zero-order valence-electron chi connectivity index (χ0n) is 15.8. The largest absolute Gasteiger partial charge is 0.493 e. The van der Waals surface area contributed by atoms with Gasteiger partial charge in [0.25, 0.3) is 11.6 Å². The van der Waals surface area contributed by atoms with E-state index >= 15 is 0 Å². The molecule has 1 amide bonds. The fraction of sp³-hybridized carbons (Fsp3) is 0.222. The van der Waals surface area contributed by atoms with Gasteiger partial charge in [0, 0.05) is 5.69 Å². The van der Waals surface area contributed by atoms with E-state index < -0.39 is 22.6 Å². The molecule has 0 heterocycles. The van der Waals surface area contributed by atoms with Crippen molar-refractivity contribution in [2.45, 2.75) is 6.18 Å². The Labute approximate surface area is 168 Å². The van der Waals surface area contributed by atoms with Crippen LogP contribution in [0, 0.1) is 10.1 Å². The molecule has 0 aliphatic rings. The van der Waals surface area contributed by atoms with Crippen molar-refractivity contribution in [2.24, 2.45) is 5.10 Å². The number of hydrogen-bond acceptors (Lipinski definition) is 7. The van der Waals surface area contributed by atoms with Crippen molar-refractivity contribution in [3.63, 3.8) is 0 Å². The van der Waals surface area contributed by atoms with E-state index in [1.165, 1.54) is 32.4 Å². The number of nitro groups is 1. The lowest BCUT2D eigenvalue weighted by Gasteiger charge is -2.10. The Hall–Kier alpha value is -3.83. The van der Waals surface area contributed by atoms with Gasteiger partial charge < -0.3 is 14.8 Å². The summed E-state index contributed by atoms with van der Waals surface area (Å²) in [7, 11) is 2.68. The van der Waals surface area contributed by atoms with Crippen LogP contribution >= 0.6 is 0 Å². The lowest BCUT2D eigenvalue weighted by Crippen LogP contribution is -2.26. The number of benzene rings is 2. The molecule has 2 rings (SSSR count). The first-order valence-electron chi connectivity index (χ1n) is 8.29. The Kier molecular flexibility index (Phi) is 7.17. The lowest BCUT2D eigenvalue weighted by atomic mass is 10.1. The van der Waals surface area contributed by atoms with Crippen LogP contribution in [0.5, 0.6) is 11.5 Å². The van der Waals surface area contributed by atoms with Crippen molar-refractivity contribution < 1.29 is 32.4 Å². The van der Waals surface area contributed by atoms with Crippen molar-refractivity contribution in [3.8, 4) is 11.5 Å². The number of hydrogen-bond donors (Lipinski definition) is 2. The molecule has 0 aliphatic carbocycles. The number of anilines is 1. The van der Waals surface area contributed by atoms with Crippen LogP contribution in [-0.2, 0) is 11.0 Å². The highest BCUT2D eigenvalue weighted by Crippen LogP contribution is 2.33. The molecule has 0 aliphatic heterocycles. The molecule has 160 valence electrons. The number of hydrazone groups is 1. The number of carbonyl (C=O) groups excluding carboxylic acids is 1. The van der Waals surface area contributed by atoms with Gasteiger partial charge in [0.05, 0.1) is 49.1 Å². The molecule has 2 N–H and O–H groups in total. The number of rotatable bonds is 8. The highest BCUT2D eigenvalue weighted by molar-refractivity contribution is 5.88. The quantitative estimate of drug-likeness (QED) is 0.381. The van der Waals surface area contributed by atoms with Crippen LogP contribution in [0.2, 0.25) is 0 Å². The van der Waals surface area contributed by atoms with Crippen molar-refractivity contribution in [1.82, 2.24) is 5.43 Å². The van der Waals surface area contributed by atoms with Crippen molar-refractivity contribution in [2.75, 3.05) is 26.1 Å². The van der Waals surface area contributed by atoms with Gasteiger partial charge in [-0.15, -0.1) is 0 Å². The number of amides is 1. The van der Waals surface area contributed by atoms with Crippen LogP contribution in [0.1, 0.15) is 11.1 Å². The predicted octanol–water partition coefficient (Wildman–Crippen LogP) is 3.19. The van der Waals surface area contributed by atoms with Crippen LogP contribution in [0.4, 0.5) is 24.5 Å². The predicted molar refractivity (Wildman–Crippen MR) is 102 cm³/mol. The third-order valence-corrected chi connectivity index (χ3v) is 3.77. The molecule has 0 bridgehead atoms. The highest BCUT2D eigenvalue weighted by Gasteiger charge is 2.30. The van der Waals surface area contributed by atoms with Crippen LogP contribution in [-0.4, -0.2) is 37.8 Å². The van der Waals surface area contributed by atoms with E-state index in [4.69, 9.17) is 9.47 Å². The van der Waals surface area contributed by atoms with Crippen molar-refractivity contribution in [3.05, 3.63) is 57.6 Å². The van der Waals surface area contributed by atoms with Crippen LogP contribution in [0.25, 0.3) is 0 Å². The molecule has 9 nitrogen and oxygen atoms in total. The van der Waals surface area contributed by atoms with Gasteiger partial charge in [-0.1, -0.05) is 6.07 Å². The first-order valence-corrected chi connectivity index (χ1v) is 8.29. The molecule has 0 unspecified atom stereocenters. The maximum absolute atomic E-state index is 12.7. The van der Waals surface area contributed by atoms with Gasteiger partial charge in [-0.25, -0.2) is 5.43 Å². The summed E-state index contributed by atoms with van der Waals surface area (Å²) >= 11 is 0. The maximum Gasteiger partial charge on any atom is 0.416 e. The summed E-state index contributed by atoms with van der Waals surface area (Å²) in [5, 5.41) is 17.4. The number of carbonyl (C=O) groups is 1. The van der Waals surface area contributed by atoms with Gasteiger partial charge in [0.15, 0.2) is 11.5 Å². The second-order valence-electron chi connectivity index (χ2n) is 5.75. The Morgan fingerprint density at radius 1 is 1.20 bits per heavy atom. The summed E-state index contributed by atoms with van der Waals surface area (Å²) in [4.78, 5) is 22.4. The average molecular weight is 426 g/mol. The topological polar surface area (TPSA) is 115 Å². The van der Waals surface area contributed by atoms with E-state index in [1.807, 2.05) is 0 Å². The summed E-state index contributed by atoms with van der Waals surface area (Å²) in [5.41, 5.74) is 1.09. The second kappa shape index (κ2) is 9.58. The molecule has 0 saturated heterocycles. The first kappa shape index (κ1) is 22.5. The van der Waals surface area contributed by atoms with E-state index in [1.54, 1.807) is 0 Å². The minimum Gasteiger partial charge on any atom is -0.493 e. The SMILES string of the molecule is COc1cc(/C=N\NC(=O)CNc2cccc(C(F)(F)F)c2)c([N+](=O)[O-])cc1OC. The molecule has 0 spiro atoms. The van der Waals surface area contributed by atoms with Crippen LogP contribution in [0.3, 0.4) is 0 Å². The zero-order chi connectivity index (χ0) is 22.3. The third kappa shape index (κ3) is 5.83. The van der Waals surface area contributed by atoms with Gasteiger partial charge in [-0.3, -0.25) is 14.9 Å². The Balaban J connectivity index is 2.03. The third-order valence-electron chi connectivity index (χ3n) is 3.77. The van der Waals surface area contributed by atoms with E-state index in [0.29, 0.717) is 0 Å². The normalized spacial score (nSPS) is 11.2. The Bertz CT molecular complexity index is 963. The van der Waals surface area contributed by atoms with Gasteiger partial charge >= 0.3 is 6.18 Å². The lowest BCUT2D eigenvalue weighted by molar-refractivity contribution is -0.385. The molecule has 2 aromatic rings. The van der Waals surface area contributed by atoms with Crippen LogP contribution in [0.15, 0.2) is 41.5 Å². The summed E-state index contributed by atoms with van der Waals surface area (Å²) in [5.74, 6) is -0.301. The second-order valence-corrected chi connectivity index (χ2v) is 5.75. The molecule has 0 fully saturated rings. The van der Waals surface area contributed by atoms with E-state index in [0.717, 1.165) is 24.4 Å². The molecule has 0 radical (unpaired) electrons. The molecular formula is C18H17F3N4O5. The number of ether oxygens (including phenoxy) is 2. The van der Waals surface area contributed by atoms with E-state index in [9.17, 15) is 28.1 Å². The van der Waals surface area contributed by atoms with E-state index in [-0.39, 0.29) is 35.0 Å². The molecule has 0 saturated carbocycles. The summed E-state index contributed by atoms with van der Waals surface area (Å²) in [6.07, 6.45) is -3.46. The Morgan fingerprint density at radius 2 is 1.87 bits per heavy atom. The van der Waals surface area contributed by atoms with Gasteiger partial charge in [-0.05, 0) is 24.3 Å². The molecular weight excluding hydrogens is 409 g/mol. The minimum atomic E-state index is -4.50. The van der Waals surface area contributed by atoms with Gasteiger partial charge in [0.1, 0.15) is 0 Å². The number of halogens is 3. The number of nitro benzene ring substituents is 1. The maximum atomic E-state index is 12.7. The van der Waals surface area contributed by atoms with Crippen LogP contribution < -0.4 is 20.2 Å². The average Bonchev–Trinajstić information content (AvgIpc) is 2.71. The van der Waals surface area contributed by atoms with Gasteiger partial charge in [0.2, 0.25) is 0 Å². The summed E-state index contributed by atoms with van der Waals surface area (Å²) in [6, 6.07) is 6.82. The zero-order valence-corrected chi connectivity index (χ0v) is 15.8. The number of methoxy groups -OCH3 is 2. The molecule has 12 heteroatoms. The van der Waals surface area contributed by atoms with Crippen molar-refractivity contribution >= 4 is 23.5 Å². The number of nitrogens with zero attached hydrogens (tertiary/aromatic N) is 2. The van der Waals surface area contributed by atoms with E-state index in [2.05, 4.69) is 15.8 Å². The van der Waals surface area contributed by atoms with Crippen molar-refractivity contribution in [1.29, 1.82) is 0 Å². The fourth-order valence-electron chi connectivity index (χ4n) is 2.35. The standard InChI is InChI=1S/C18H17F3N4O5/c1-29-15-6-11(14(25(27)28)8-16(15)30-2)9-23-24-17(26)10-22-13-5-3-4-12(7-13)18(19,20)21/h3-9,22H,10H2,1-2H3,(H,24,26)/b23-9-. The monoisotopic (exact) mass is 426 g/mol. The number of nitrogens with one attached hydrogen (secondary N) is 2. The minimum absolute atomic E-state index is 0.0452. The molecule has 0 aromatic heterocycles. The first-order chi connectivity index (χ1) is 14.2. The molecule has 30 heavy (non-hydrogen) atoms. The van der Waals surface area contributed by atoms with Gasteiger partial charge in [-0.2, -0.15) is 18.3 Å². The highest BCUT2D eigenvalue weighted by atomic mass is 19.4. The molecule has 2 aromatic carbocycles. The smallest absolute Gasteiger partial charge is 0.416 e. The Morgan fingerprint density at radius 3 is 2.47 bits per heavy atom. The molecule has 0 atom stereocenters. The summed E-state index contributed by atoms with van der Waals surface area (Å²) < 4.78 is 48.2. The summed E-state index contributed by atoms with van der Waals surface area (Å²) in [6.45, 7) is -0.368. The fourth-order valence-corrected chi connectivity index (χ4v) is 2.35. The number of alkyl halides is 3.